The Bertz CT molecular complexity index is 758. The molecule has 2 aromatic rings. The van der Waals surface area contributed by atoms with Crippen LogP contribution < -0.4 is 0 Å². The van der Waals surface area contributed by atoms with Crippen molar-refractivity contribution in [3.63, 3.8) is 0 Å². The van der Waals surface area contributed by atoms with E-state index in [4.69, 9.17) is 5.11 Å². The van der Waals surface area contributed by atoms with E-state index in [0.29, 0.717) is 0 Å². The van der Waals surface area contributed by atoms with Gasteiger partial charge in [0, 0.05) is 13.6 Å². The van der Waals surface area contributed by atoms with Crippen LogP contribution in [0.4, 0.5) is 13.2 Å². The number of hydrogen-bond acceptors (Lipinski definition) is 4. The lowest BCUT2D eigenvalue weighted by molar-refractivity contribution is -0.139. The summed E-state index contributed by atoms with van der Waals surface area (Å²) >= 11 is 0. The van der Waals surface area contributed by atoms with Crippen LogP contribution in [0, 0.1) is 0 Å². The number of halogens is 3. The molecule has 2 rings (SSSR count). The molecule has 24 heavy (non-hydrogen) atoms. The van der Waals surface area contributed by atoms with Crippen LogP contribution in [0.3, 0.4) is 0 Å². The van der Waals surface area contributed by atoms with Crippen molar-refractivity contribution in [2.24, 2.45) is 0 Å². The van der Waals surface area contributed by atoms with Gasteiger partial charge in [-0.25, -0.2) is 9.48 Å². The molecule has 0 atom stereocenters. The summed E-state index contributed by atoms with van der Waals surface area (Å²) in [6.45, 7) is -0.569. The fourth-order valence-electron chi connectivity index (χ4n) is 2.01. The molecule has 0 saturated heterocycles. The summed E-state index contributed by atoms with van der Waals surface area (Å²) in [5.74, 6) is -1.82. The lowest BCUT2D eigenvalue weighted by Crippen LogP contribution is -2.30. The Hall–Kier alpha value is -2.91. The quantitative estimate of drug-likeness (QED) is 0.893. The van der Waals surface area contributed by atoms with Gasteiger partial charge in [0.2, 0.25) is 5.91 Å². The number of aromatic carboxylic acids is 1. The molecule has 0 radical (unpaired) electrons. The third-order valence-corrected chi connectivity index (χ3v) is 3.21. The number of amides is 1. The zero-order valence-corrected chi connectivity index (χ0v) is 12.5. The minimum Gasteiger partial charge on any atom is -0.476 e. The van der Waals surface area contributed by atoms with Gasteiger partial charge in [0.25, 0.3) is 0 Å². The van der Waals surface area contributed by atoms with Crippen LogP contribution >= 0.6 is 0 Å². The molecule has 0 bridgehead atoms. The minimum atomic E-state index is -4.51. The molecule has 0 aliphatic carbocycles. The fraction of sp³-hybridized carbons (Fsp3) is 0.286. The van der Waals surface area contributed by atoms with Crippen molar-refractivity contribution in [2.75, 3.05) is 7.05 Å². The lowest BCUT2D eigenvalue weighted by Gasteiger charge is -2.20. The van der Waals surface area contributed by atoms with Crippen LogP contribution in [0.5, 0.6) is 0 Å². The zero-order chi connectivity index (χ0) is 17.9. The van der Waals surface area contributed by atoms with E-state index in [2.05, 4.69) is 10.3 Å². The number of carboxylic acid groups (broad SMARTS) is 1. The first-order valence-corrected chi connectivity index (χ1v) is 6.71. The third kappa shape index (κ3) is 4.09. The van der Waals surface area contributed by atoms with Gasteiger partial charge in [-0.15, -0.1) is 5.10 Å². The summed E-state index contributed by atoms with van der Waals surface area (Å²) < 4.78 is 39.8. The van der Waals surface area contributed by atoms with E-state index < -0.39 is 23.6 Å². The number of carbonyl (C=O) groups is 2. The molecular weight excluding hydrogens is 329 g/mol. The second-order valence-electron chi connectivity index (χ2n) is 5.01. The molecule has 1 aromatic heterocycles. The molecule has 1 amide bonds. The highest BCUT2D eigenvalue weighted by molar-refractivity contribution is 5.84. The van der Waals surface area contributed by atoms with Crippen molar-refractivity contribution in [2.45, 2.75) is 19.3 Å². The maximum absolute atomic E-state index is 12.9. The predicted molar refractivity (Wildman–Crippen MR) is 74.9 cm³/mol. The van der Waals surface area contributed by atoms with E-state index in [9.17, 15) is 22.8 Å². The molecule has 0 unspecified atom stereocenters. The summed E-state index contributed by atoms with van der Waals surface area (Å²) in [4.78, 5) is 23.9. The highest BCUT2D eigenvalue weighted by Gasteiger charge is 2.33. The largest absolute Gasteiger partial charge is 0.476 e. The van der Waals surface area contributed by atoms with E-state index in [1.165, 1.54) is 25.2 Å². The first-order valence-electron chi connectivity index (χ1n) is 6.71. The smallest absolute Gasteiger partial charge is 0.416 e. The van der Waals surface area contributed by atoms with Gasteiger partial charge >= 0.3 is 12.1 Å². The highest BCUT2D eigenvalue weighted by atomic mass is 19.4. The monoisotopic (exact) mass is 342 g/mol. The van der Waals surface area contributed by atoms with Crippen molar-refractivity contribution in [3.8, 4) is 0 Å². The van der Waals surface area contributed by atoms with Crippen molar-refractivity contribution in [1.29, 1.82) is 0 Å². The standard InChI is InChI=1S/C14H13F3N4O3/c1-20(6-9-4-2-3-5-10(9)14(15,16)17)12(22)8-21-7-11(13(23)24)18-19-21/h2-5,7H,6,8H2,1H3,(H,23,24). The molecular formula is C14H13F3N4O3. The van der Waals surface area contributed by atoms with Gasteiger partial charge in [0.05, 0.1) is 11.8 Å². The van der Waals surface area contributed by atoms with E-state index in [-0.39, 0.29) is 24.3 Å². The van der Waals surface area contributed by atoms with Crippen molar-refractivity contribution < 1.29 is 27.9 Å². The summed E-state index contributed by atoms with van der Waals surface area (Å²) in [5, 5.41) is 15.6. The SMILES string of the molecule is CN(Cc1ccccc1C(F)(F)F)C(=O)Cn1cc(C(=O)O)nn1. The molecule has 0 spiro atoms. The topological polar surface area (TPSA) is 88.3 Å². The maximum Gasteiger partial charge on any atom is 0.416 e. The van der Waals surface area contributed by atoms with Crippen LogP contribution in [0.25, 0.3) is 0 Å². The van der Waals surface area contributed by atoms with Crippen LogP contribution in [0.15, 0.2) is 30.5 Å². The normalized spacial score (nSPS) is 11.3. The number of benzene rings is 1. The van der Waals surface area contributed by atoms with Gasteiger partial charge in [-0.05, 0) is 11.6 Å². The third-order valence-electron chi connectivity index (χ3n) is 3.21. The molecule has 0 fully saturated rings. The van der Waals surface area contributed by atoms with Crippen molar-refractivity contribution >= 4 is 11.9 Å². The number of alkyl halides is 3. The summed E-state index contributed by atoms with van der Waals surface area (Å²) in [7, 11) is 1.35. The van der Waals surface area contributed by atoms with Gasteiger partial charge < -0.3 is 10.0 Å². The van der Waals surface area contributed by atoms with Crippen molar-refractivity contribution in [1.82, 2.24) is 19.9 Å². The van der Waals surface area contributed by atoms with E-state index in [0.717, 1.165) is 21.8 Å². The van der Waals surface area contributed by atoms with Gasteiger partial charge in [-0.3, -0.25) is 4.79 Å². The van der Waals surface area contributed by atoms with Crippen molar-refractivity contribution in [3.05, 3.63) is 47.3 Å². The first-order chi connectivity index (χ1) is 11.2. The second kappa shape index (κ2) is 6.69. The van der Waals surface area contributed by atoms with Gasteiger partial charge in [-0.2, -0.15) is 13.2 Å². The van der Waals surface area contributed by atoms with Crippen LogP contribution in [0.1, 0.15) is 21.6 Å². The molecule has 10 heteroatoms. The molecule has 1 N–H and O–H groups in total. The van der Waals surface area contributed by atoms with Gasteiger partial charge in [-0.1, -0.05) is 23.4 Å². The fourth-order valence-corrected chi connectivity index (χ4v) is 2.01. The Morgan fingerprint density at radius 2 is 1.96 bits per heavy atom. The van der Waals surface area contributed by atoms with E-state index in [1.54, 1.807) is 0 Å². The molecule has 0 saturated carbocycles. The van der Waals surface area contributed by atoms with Crippen LogP contribution in [-0.4, -0.2) is 43.9 Å². The minimum absolute atomic E-state index is 0.0364. The molecule has 128 valence electrons. The van der Waals surface area contributed by atoms with Crippen LogP contribution in [0.2, 0.25) is 0 Å². The highest BCUT2D eigenvalue weighted by Crippen LogP contribution is 2.32. The number of likely N-dealkylation sites (N-methyl/N-ethyl adjacent to an activating group) is 1. The van der Waals surface area contributed by atoms with E-state index >= 15 is 0 Å². The lowest BCUT2D eigenvalue weighted by atomic mass is 10.1. The summed E-state index contributed by atoms with van der Waals surface area (Å²) in [6.07, 6.45) is -3.44. The molecule has 0 aliphatic rings. The number of hydrogen-bond donors (Lipinski definition) is 1. The average Bonchev–Trinajstić information content (AvgIpc) is 2.95. The predicted octanol–water partition coefficient (Wildman–Crippen LogP) is 1.65. The Labute approximate surface area is 134 Å². The molecule has 1 heterocycles. The molecule has 7 nitrogen and oxygen atoms in total. The number of carboxylic acids is 1. The van der Waals surface area contributed by atoms with Gasteiger partial charge in [0.15, 0.2) is 5.69 Å². The number of carbonyl (C=O) groups excluding carboxylic acids is 1. The number of nitrogens with zero attached hydrogens (tertiary/aromatic N) is 4. The molecule has 0 aliphatic heterocycles. The number of aromatic nitrogens is 3. The molecule has 1 aromatic carbocycles. The summed E-state index contributed by atoms with van der Waals surface area (Å²) in [5.41, 5.74) is -1.17. The summed E-state index contributed by atoms with van der Waals surface area (Å²) in [6, 6.07) is 4.98. The Morgan fingerprint density at radius 1 is 1.29 bits per heavy atom. The maximum atomic E-state index is 12.9. The van der Waals surface area contributed by atoms with Crippen LogP contribution in [-0.2, 0) is 24.1 Å². The first kappa shape index (κ1) is 17.4. The number of rotatable bonds is 5. The second-order valence-corrected chi connectivity index (χ2v) is 5.01. The Kier molecular flexibility index (Phi) is 4.86. The van der Waals surface area contributed by atoms with Gasteiger partial charge in [0.1, 0.15) is 6.54 Å². The Balaban J connectivity index is 2.08. The van der Waals surface area contributed by atoms with E-state index in [1.807, 2.05) is 0 Å². The average molecular weight is 342 g/mol. The Morgan fingerprint density at radius 3 is 2.54 bits per heavy atom. The zero-order valence-electron chi connectivity index (χ0n) is 12.5.